The molecule has 110 valence electrons. The summed E-state index contributed by atoms with van der Waals surface area (Å²) < 4.78 is 13.7. The second-order valence-corrected chi connectivity index (χ2v) is 5.52. The minimum atomic E-state index is -0.756. The van der Waals surface area contributed by atoms with Crippen LogP contribution in [0.3, 0.4) is 0 Å². The number of aryl methyl sites for hydroxylation is 1. The van der Waals surface area contributed by atoms with Gasteiger partial charge in [0.25, 0.3) is 0 Å². The Morgan fingerprint density at radius 2 is 2.25 bits per heavy atom. The maximum Gasteiger partial charge on any atom is 0.222 e. The van der Waals surface area contributed by atoms with Crippen LogP contribution in [0, 0.1) is 18.7 Å². The molecule has 0 aromatic heterocycles. The number of aliphatic hydroxyl groups excluding tert-OH is 1. The van der Waals surface area contributed by atoms with Gasteiger partial charge >= 0.3 is 0 Å². The molecule has 20 heavy (non-hydrogen) atoms. The zero-order valence-corrected chi connectivity index (χ0v) is 11.9. The van der Waals surface area contributed by atoms with Gasteiger partial charge < -0.3 is 15.7 Å². The molecule has 0 bridgehead atoms. The van der Waals surface area contributed by atoms with E-state index in [9.17, 15) is 14.3 Å². The summed E-state index contributed by atoms with van der Waals surface area (Å²) in [6.07, 6.45) is 0.897. The van der Waals surface area contributed by atoms with Crippen LogP contribution in [0.4, 0.5) is 10.1 Å². The van der Waals surface area contributed by atoms with E-state index in [0.717, 1.165) is 25.1 Å². The number of aliphatic hydroxyl groups is 1. The van der Waals surface area contributed by atoms with Crippen LogP contribution in [0.15, 0.2) is 12.1 Å². The van der Waals surface area contributed by atoms with Gasteiger partial charge in [-0.1, -0.05) is 0 Å². The zero-order chi connectivity index (χ0) is 14.9. The number of carbonyl (C=O) groups excluding carboxylic acids is 1. The lowest BCUT2D eigenvalue weighted by Crippen LogP contribution is -2.41. The van der Waals surface area contributed by atoms with E-state index in [0.29, 0.717) is 17.7 Å². The third kappa shape index (κ3) is 2.93. The van der Waals surface area contributed by atoms with Gasteiger partial charge in [0.1, 0.15) is 5.82 Å². The lowest BCUT2D eigenvalue weighted by atomic mass is 9.95. The molecule has 1 saturated heterocycles. The molecule has 5 heteroatoms. The monoisotopic (exact) mass is 280 g/mol. The summed E-state index contributed by atoms with van der Waals surface area (Å²) >= 11 is 0. The maximum atomic E-state index is 13.7. The van der Waals surface area contributed by atoms with Gasteiger partial charge in [0.15, 0.2) is 0 Å². The number of piperidine rings is 1. The number of primary amides is 1. The first-order chi connectivity index (χ1) is 9.40. The van der Waals surface area contributed by atoms with Crippen molar-refractivity contribution < 1.29 is 14.3 Å². The highest BCUT2D eigenvalue weighted by atomic mass is 19.1. The fourth-order valence-electron chi connectivity index (χ4n) is 2.72. The Bertz CT molecular complexity index is 517. The van der Waals surface area contributed by atoms with Crippen molar-refractivity contribution in [1.29, 1.82) is 0 Å². The van der Waals surface area contributed by atoms with Crippen molar-refractivity contribution >= 4 is 11.6 Å². The Morgan fingerprint density at radius 1 is 1.55 bits per heavy atom. The summed E-state index contributed by atoms with van der Waals surface area (Å²) in [7, 11) is 0. The SMILES string of the molecule is Cc1cc(N2CCCC(C(N)=O)C2)c(C(C)O)cc1F. The van der Waals surface area contributed by atoms with Crippen molar-refractivity contribution in [1.82, 2.24) is 0 Å². The van der Waals surface area contributed by atoms with E-state index in [1.807, 2.05) is 4.90 Å². The molecule has 2 rings (SSSR count). The first-order valence-electron chi connectivity index (χ1n) is 6.92. The number of carbonyl (C=O) groups is 1. The molecule has 0 aliphatic carbocycles. The molecule has 3 N–H and O–H groups in total. The molecule has 1 heterocycles. The van der Waals surface area contributed by atoms with Crippen molar-refractivity contribution in [2.75, 3.05) is 18.0 Å². The normalized spacial score (nSPS) is 20.8. The summed E-state index contributed by atoms with van der Waals surface area (Å²) in [5, 5.41) is 9.84. The number of benzene rings is 1. The Balaban J connectivity index is 2.36. The topological polar surface area (TPSA) is 66.6 Å². The van der Waals surface area contributed by atoms with E-state index < -0.39 is 6.10 Å². The van der Waals surface area contributed by atoms with Crippen LogP contribution in [-0.2, 0) is 4.79 Å². The molecule has 0 saturated carbocycles. The van der Waals surface area contributed by atoms with Crippen molar-refractivity contribution in [3.05, 3.63) is 29.1 Å². The van der Waals surface area contributed by atoms with E-state index in [4.69, 9.17) is 5.73 Å². The average Bonchev–Trinajstić information content (AvgIpc) is 2.41. The van der Waals surface area contributed by atoms with Gasteiger partial charge in [-0.05, 0) is 44.4 Å². The molecular weight excluding hydrogens is 259 g/mol. The number of hydrogen-bond acceptors (Lipinski definition) is 3. The largest absolute Gasteiger partial charge is 0.389 e. The summed E-state index contributed by atoms with van der Waals surface area (Å²) in [5.74, 6) is -0.809. The van der Waals surface area contributed by atoms with Crippen molar-refractivity contribution in [3.63, 3.8) is 0 Å². The quantitative estimate of drug-likeness (QED) is 0.888. The Hall–Kier alpha value is -1.62. The Kier molecular flexibility index (Phi) is 4.28. The van der Waals surface area contributed by atoms with Crippen LogP contribution in [-0.4, -0.2) is 24.1 Å². The van der Waals surface area contributed by atoms with Gasteiger partial charge in [0.05, 0.1) is 12.0 Å². The summed E-state index contributed by atoms with van der Waals surface area (Å²) in [4.78, 5) is 13.4. The maximum absolute atomic E-state index is 13.7. The highest BCUT2D eigenvalue weighted by Crippen LogP contribution is 2.32. The second kappa shape index (κ2) is 5.79. The second-order valence-electron chi connectivity index (χ2n) is 5.52. The summed E-state index contributed by atoms with van der Waals surface area (Å²) in [5.41, 5.74) is 7.27. The van der Waals surface area contributed by atoms with Crippen LogP contribution in [0.5, 0.6) is 0 Å². The molecule has 1 aromatic carbocycles. The average molecular weight is 280 g/mol. The third-order valence-electron chi connectivity index (χ3n) is 3.92. The van der Waals surface area contributed by atoms with Gasteiger partial charge in [0, 0.05) is 24.3 Å². The van der Waals surface area contributed by atoms with E-state index in [1.165, 1.54) is 6.07 Å². The predicted octanol–water partition coefficient (Wildman–Crippen LogP) is 1.89. The highest BCUT2D eigenvalue weighted by Gasteiger charge is 2.26. The van der Waals surface area contributed by atoms with Gasteiger partial charge in [-0.2, -0.15) is 0 Å². The van der Waals surface area contributed by atoms with Crippen LogP contribution < -0.4 is 10.6 Å². The van der Waals surface area contributed by atoms with Crippen LogP contribution in [0.2, 0.25) is 0 Å². The van der Waals surface area contributed by atoms with Crippen LogP contribution in [0.1, 0.15) is 37.0 Å². The number of halogens is 1. The summed E-state index contributed by atoms with van der Waals surface area (Å²) in [6, 6.07) is 3.12. The highest BCUT2D eigenvalue weighted by molar-refractivity contribution is 5.77. The molecule has 1 fully saturated rings. The standard InChI is InChI=1S/C15H21FN2O2/c1-9-6-14(12(10(2)19)7-13(9)16)18-5-3-4-11(8-18)15(17)20/h6-7,10-11,19H,3-5,8H2,1-2H3,(H2,17,20). The fraction of sp³-hybridized carbons (Fsp3) is 0.533. The number of hydrogen-bond donors (Lipinski definition) is 2. The number of amides is 1. The number of anilines is 1. The van der Waals surface area contributed by atoms with Crippen LogP contribution >= 0.6 is 0 Å². The van der Waals surface area contributed by atoms with E-state index in [-0.39, 0.29) is 17.6 Å². The smallest absolute Gasteiger partial charge is 0.222 e. The fourth-order valence-corrected chi connectivity index (χ4v) is 2.72. The lowest BCUT2D eigenvalue weighted by Gasteiger charge is -2.35. The number of rotatable bonds is 3. The number of nitrogens with two attached hydrogens (primary N) is 1. The van der Waals surface area contributed by atoms with E-state index in [2.05, 4.69) is 0 Å². The van der Waals surface area contributed by atoms with Crippen molar-refractivity contribution in [3.8, 4) is 0 Å². The minimum absolute atomic E-state index is 0.184. The molecule has 2 atom stereocenters. The molecule has 1 aromatic rings. The summed E-state index contributed by atoms with van der Waals surface area (Å²) in [6.45, 7) is 4.62. The molecular formula is C15H21FN2O2. The molecule has 0 spiro atoms. The van der Waals surface area contributed by atoms with Crippen molar-refractivity contribution in [2.45, 2.75) is 32.8 Å². The molecule has 4 nitrogen and oxygen atoms in total. The first kappa shape index (κ1) is 14.8. The number of nitrogens with zero attached hydrogens (tertiary/aromatic N) is 1. The molecule has 1 aliphatic heterocycles. The predicted molar refractivity (Wildman–Crippen MR) is 75.9 cm³/mol. The Labute approximate surface area is 118 Å². The van der Waals surface area contributed by atoms with Gasteiger partial charge in [0.2, 0.25) is 5.91 Å². The minimum Gasteiger partial charge on any atom is -0.389 e. The molecule has 0 radical (unpaired) electrons. The van der Waals surface area contributed by atoms with Gasteiger partial charge in [-0.25, -0.2) is 4.39 Å². The molecule has 1 amide bonds. The van der Waals surface area contributed by atoms with Gasteiger partial charge in [-0.3, -0.25) is 4.79 Å². The van der Waals surface area contributed by atoms with Crippen molar-refractivity contribution in [2.24, 2.45) is 11.7 Å². The van der Waals surface area contributed by atoms with E-state index in [1.54, 1.807) is 19.9 Å². The third-order valence-corrected chi connectivity index (χ3v) is 3.92. The first-order valence-corrected chi connectivity index (χ1v) is 6.92. The Morgan fingerprint density at radius 3 is 2.85 bits per heavy atom. The molecule has 2 unspecified atom stereocenters. The lowest BCUT2D eigenvalue weighted by molar-refractivity contribution is -0.122. The zero-order valence-electron chi connectivity index (χ0n) is 11.9. The van der Waals surface area contributed by atoms with E-state index >= 15 is 0 Å². The molecule has 1 aliphatic rings. The van der Waals surface area contributed by atoms with Crippen LogP contribution in [0.25, 0.3) is 0 Å². The van der Waals surface area contributed by atoms with Gasteiger partial charge in [-0.15, -0.1) is 0 Å².